The first kappa shape index (κ1) is 29.3. The van der Waals surface area contributed by atoms with Gasteiger partial charge in [-0.25, -0.2) is 8.78 Å². The lowest BCUT2D eigenvalue weighted by molar-refractivity contribution is -0.148. The van der Waals surface area contributed by atoms with Gasteiger partial charge in [0.25, 0.3) is 0 Å². The van der Waals surface area contributed by atoms with E-state index < -0.39 is 23.3 Å². The molecule has 6 rings (SSSR count). The number of alkyl halides is 1. The van der Waals surface area contributed by atoms with Gasteiger partial charge in [0.1, 0.15) is 12.0 Å². The number of carbonyl (C=O) groups excluding carboxylic acids is 2. The van der Waals surface area contributed by atoms with Crippen molar-refractivity contribution in [3.63, 3.8) is 0 Å². The van der Waals surface area contributed by atoms with Gasteiger partial charge < -0.3 is 10.2 Å². The van der Waals surface area contributed by atoms with Crippen molar-refractivity contribution in [2.75, 3.05) is 13.1 Å². The third-order valence-corrected chi connectivity index (χ3v) is 11.8. The minimum atomic E-state index is -1.39. The number of piperidine rings is 1. The predicted molar refractivity (Wildman–Crippen MR) is 157 cm³/mol. The molecule has 0 aromatic rings. The first-order valence-electron chi connectivity index (χ1n) is 16.6. The molecule has 5 fully saturated rings. The molecule has 7 heteroatoms. The van der Waals surface area contributed by atoms with Gasteiger partial charge in [-0.2, -0.15) is 0 Å². The van der Waals surface area contributed by atoms with Crippen molar-refractivity contribution in [3.05, 3.63) is 24.1 Å². The first-order chi connectivity index (χ1) is 19.6. The maximum absolute atomic E-state index is 15.3. The van der Waals surface area contributed by atoms with Crippen molar-refractivity contribution < 1.29 is 18.4 Å². The summed E-state index contributed by atoms with van der Waals surface area (Å²) in [6.45, 7) is 7.30. The molecule has 228 valence electrons. The largest absolute Gasteiger partial charge is 0.351 e. The Morgan fingerprint density at radius 1 is 0.927 bits per heavy atom. The van der Waals surface area contributed by atoms with Crippen LogP contribution in [0.3, 0.4) is 0 Å². The summed E-state index contributed by atoms with van der Waals surface area (Å²) in [5.74, 6) is -0.705. The summed E-state index contributed by atoms with van der Waals surface area (Å²) in [6.07, 6.45) is 16.5. The van der Waals surface area contributed by atoms with Crippen LogP contribution in [0.2, 0.25) is 0 Å². The molecule has 5 nitrogen and oxygen atoms in total. The van der Waals surface area contributed by atoms with Crippen molar-refractivity contribution >= 4 is 11.8 Å². The number of nitrogens with one attached hydrogen (secondary N) is 1. The highest BCUT2D eigenvalue weighted by atomic mass is 19.1. The Hall–Kier alpha value is -1.76. The van der Waals surface area contributed by atoms with Gasteiger partial charge in [-0.1, -0.05) is 25.3 Å². The SMILES string of the molecule is CC(C)(C)NC(=O)C1(C2CCCCC2)CCN(C(=O)[C@@H]2CC(N3C4CCC3CC4)C[C@H]2C2C=CC(F)=CC2F)CC1. The number of amides is 2. The van der Waals surface area contributed by atoms with E-state index in [1.165, 1.54) is 51.0 Å². The molecule has 2 saturated carbocycles. The Bertz CT molecular complexity index is 1030. The number of carbonyl (C=O) groups is 2. The number of likely N-dealkylation sites (tertiary alicyclic amines) is 1. The Morgan fingerprint density at radius 2 is 1.56 bits per heavy atom. The van der Waals surface area contributed by atoms with Crippen LogP contribution in [0.1, 0.15) is 104 Å². The van der Waals surface area contributed by atoms with E-state index in [2.05, 4.69) is 10.2 Å². The molecule has 3 unspecified atom stereocenters. The molecule has 0 radical (unpaired) electrons. The van der Waals surface area contributed by atoms with Crippen molar-refractivity contribution in [3.8, 4) is 0 Å². The molecule has 3 aliphatic heterocycles. The van der Waals surface area contributed by atoms with Gasteiger partial charge in [-0.3, -0.25) is 14.5 Å². The average Bonchev–Trinajstić information content (AvgIpc) is 3.66. The molecule has 5 atom stereocenters. The summed E-state index contributed by atoms with van der Waals surface area (Å²) < 4.78 is 29.2. The van der Waals surface area contributed by atoms with Crippen LogP contribution >= 0.6 is 0 Å². The molecule has 3 saturated heterocycles. The standard InChI is InChI=1S/C34H51F2N3O2/c1-33(2,3)37-32(41)34(22-7-5-4-6-8-22)15-17-38(18-16-34)31(40)29-21-26(39-24-10-11-25(39)13-12-24)20-28(29)27-14-9-23(35)19-30(27)36/h9,14,19,22,24-30H,4-8,10-13,15-18,20-21H2,1-3H3,(H,37,41)/t24?,25?,26?,27?,28-,29+,30?/m0/s1. The Labute approximate surface area is 245 Å². The van der Waals surface area contributed by atoms with E-state index in [1.54, 1.807) is 6.08 Å². The van der Waals surface area contributed by atoms with E-state index in [0.29, 0.717) is 50.0 Å². The number of allylic oxidation sites excluding steroid dienone is 4. The second kappa shape index (κ2) is 11.4. The van der Waals surface area contributed by atoms with Crippen molar-refractivity contribution in [1.82, 2.24) is 15.1 Å². The zero-order valence-corrected chi connectivity index (χ0v) is 25.4. The molecule has 2 amide bonds. The van der Waals surface area contributed by atoms with Gasteiger partial charge >= 0.3 is 0 Å². The smallest absolute Gasteiger partial charge is 0.227 e. The topological polar surface area (TPSA) is 52.7 Å². The normalized spacial score (nSPS) is 37.8. The van der Waals surface area contributed by atoms with Crippen molar-refractivity contribution in [2.45, 2.75) is 134 Å². The van der Waals surface area contributed by atoms with Crippen LogP contribution < -0.4 is 5.32 Å². The van der Waals surface area contributed by atoms with Gasteiger partial charge in [-0.05, 0) is 109 Å². The van der Waals surface area contributed by atoms with Gasteiger partial charge in [0.05, 0.1) is 5.41 Å². The fourth-order valence-corrected chi connectivity index (χ4v) is 9.85. The number of rotatable bonds is 5. The molecule has 3 aliphatic carbocycles. The molecule has 0 aromatic heterocycles. The highest BCUT2D eigenvalue weighted by Gasteiger charge is 2.54. The maximum Gasteiger partial charge on any atom is 0.227 e. The number of hydrogen-bond donors (Lipinski definition) is 1. The van der Waals surface area contributed by atoms with Crippen LogP contribution in [-0.2, 0) is 9.59 Å². The van der Waals surface area contributed by atoms with Crippen LogP contribution in [-0.4, -0.2) is 64.5 Å². The molecular weight excluding hydrogens is 520 g/mol. The minimum absolute atomic E-state index is 0.127. The van der Waals surface area contributed by atoms with E-state index in [4.69, 9.17) is 0 Å². The van der Waals surface area contributed by atoms with Gasteiger partial charge in [-0.15, -0.1) is 0 Å². The summed E-state index contributed by atoms with van der Waals surface area (Å²) >= 11 is 0. The molecule has 3 heterocycles. The molecule has 0 aromatic carbocycles. The Balaban J connectivity index is 1.20. The molecular formula is C34H51F2N3O2. The number of fused-ring (bicyclic) bond motifs is 2. The lowest BCUT2D eigenvalue weighted by Crippen LogP contribution is -2.57. The zero-order valence-electron chi connectivity index (χ0n) is 25.4. The Kier molecular flexibility index (Phi) is 8.14. The van der Waals surface area contributed by atoms with Crippen LogP contribution in [0.25, 0.3) is 0 Å². The van der Waals surface area contributed by atoms with Crippen molar-refractivity contribution in [2.24, 2.45) is 29.1 Å². The second-order valence-electron chi connectivity index (χ2n) is 15.3. The lowest BCUT2D eigenvalue weighted by atomic mass is 9.63. The Morgan fingerprint density at radius 3 is 2.15 bits per heavy atom. The number of nitrogens with zero attached hydrogens (tertiary/aromatic N) is 2. The van der Waals surface area contributed by atoms with Crippen LogP contribution in [0.4, 0.5) is 8.78 Å². The summed E-state index contributed by atoms with van der Waals surface area (Å²) in [5, 5.41) is 3.30. The summed E-state index contributed by atoms with van der Waals surface area (Å²) in [6, 6.07) is 1.51. The van der Waals surface area contributed by atoms with Crippen LogP contribution in [0.5, 0.6) is 0 Å². The first-order valence-corrected chi connectivity index (χ1v) is 16.6. The average molecular weight is 572 g/mol. The van der Waals surface area contributed by atoms with Crippen molar-refractivity contribution in [1.29, 1.82) is 0 Å². The number of hydrogen-bond acceptors (Lipinski definition) is 3. The zero-order chi connectivity index (χ0) is 28.9. The van der Waals surface area contributed by atoms with Gasteiger partial charge in [0.2, 0.25) is 11.8 Å². The molecule has 6 aliphatic rings. The monoisotopic (exact) mass is 571 g/mol. The fourth-order valence-electron chi connectivity index (χ4n) is 9.85. The molecule has 2 bridgehead atoms. The predicted octanol–water partition coefficient (Wildman–Crippen LogP) is 6.49. The van der Waals surface area contributed by atoms with Crippen LogP contribution in [0, 0.1) is 29.1 Å². The fraction of sp³-hybridized carbons (Fsp3) is 0.824. The molecule has 0 spiro atoms. The van der Waals surface area contributed by atoms with Crippen LogP contribution in [0.15, 0.2) is 24.1 Å². The van der Waals surface area contributed by atoms with E-state index in [9.17, 15) is 14.0 Å². The van der Waals surface area contributed by atoms with E-state index in [1.807, 2.05) is 25.7 Å². The third-order valence-electron chi connectivity index (χ3n) is 11.8. The highest BCUT2D eigenvalue weighted by Crippen LogP contribution is 2.51. The third kappa shape index (κ3) is 5.65. The van der Waals surface area contributed by atoms with Gasteiger partial charge in [0, 0.05) is 48.6 Å². The van der Waals surface area contributed by atoms with Gasteiger partial charge in [0.15, 0.2) is 0 Å². The lowest BCUT2D eigenvalue weighted by Gasteiger charge is -2.48. The highest BCUT2D eigenvalue weighted by molar-refractivity contribution is 5.85. The summed E-state index contributed by atoms with van der Waals surface area (Å²) in [5.41, 5.74) is -0.716. The number of halogens is 2. The summed E-state index contributed by atoms with van der Waals surface area (Å²) in [7, 11) is 0. The maximum atomic E-state index is 15.3. The van der Waals surface area contributed by atoms with E-state index in [-0.39, 0.29) is 29.2 Å². The molecule has 1 N–H and O–H groups in total. The second-order valence-corrected chi connectivity index (χ2v) is 15.3. The van der Waals surface area contributed by atoms with E-state index >= 15 is 4.39 Å². The quantitative estimate of drug-likeness (QED) is 0.411. The summed E-state index contributed by atoms with van der Waals surface area (Å²) in [4.78, 5) is 32.8. The van der Waals surface area contributed by atoms with E-state index in [0.717, 1.165) is 31.8 Å². The minimum Gasteiger partial charge on any atom is -0.351 e. The molecule has 41 heavy (non-hydrogen) atoms.